The number of benzene rings is 1. The van der Waals surface area contributed by atoms with Crippen molar-refractivity contribution < 1.29 is 40.9 Å². The summed E-state index contributed by atoms with van der Waals surface area (Å²) in [5, 5.41) is 8.49. The number of rotatable bonds is 10. The van der Waals surface area contributed by atoms with Gasteiger partial charge >= 0.3 is 52.6 Å². The van der Waals surface area contributed by atoms with Crippen LogP contribution >= 0.6 is 0 Å². The molecule has 110 valence electrons. The van der Waals surface area contributed by atoms with Crippen molar-refractivity contribution in [1.82, 2.24) is 0 Å². The van der Waals surface area contributed by atoms with Gasteiger partial charge in [-0.2, -0.15) is 0 Å². The first-order chi connectivity index (χ1) is 8.79. The van der Waals surface area contributed by atoms with E-state index in [1.165, 1.54) is 44.1 Å². The molecule has 0 aromatic heterocycles. The summed E-state index contributed by atoms with van der Waals surface area (Å²) in [7, 11) is 0. The van der Waals surface area contributed by atoms with Crippen LogP contribution in [0.5, 0.6) is 0 Å². The van der Waals surface area contributed by atoms with E-state index in [2.05, 4.69) is 30.3 Å². The van der Waals surface area contributed by atoms with E-state index in [1.54, 1.807) is 0 Å². The molecule has 0 saturated carbocycles. The average molecular weight is 353 g/mol. The fourth-order valence-corrected chi connectivity index (χ4v) is 2.13. The molecule has 0 bridgehead atoms. The Morgan fingerprint density at radius 2 is 1.40 bits per heavy atom. The minimum atomic E-state index is -0.669. The van der Waals surface area contributed by atoms with Gasteiger partial charge in [0.2, 0.25) is 0 Å². The van der Waals surface area contributed by atoms with Crippen molar-refractivity contribution in [2.75, 3.05) is 0 Å². The van der Waals surface area contributed by atoms with Gasteiger partial charge < -0.3 is 6.53 Å². The Morgan fingerprint density at radius 3 is 1.95 bits per heavy atom. The van der Waals surface area contributed by atoms with Crippen molar-refractivity contribution in [3.8, 4) is 0 Å². The molecule has 0 amide bonds. The second kappa shape index (κ2) is 15.6. The van der Waals surface area contributed by atoms with Gasteiger partial charge in [-0.1, -0.05) is 62.4 Å². The molecule has 0 aliphatic heterocycles. The number of hydrogen-bond donors (Lipinski definition) is 1. The molecule has 20 heavy (non-hydrogen) atoms. The molecule has 0 aliphatic carbocycles. The van der Waals surface area contributed by atoms with E-state index in [0.717, 1.165) is 12.8 Å². The molecule has 1 aromatic rings. The van der Waals surface area contributed by atoms with Crippen LogP contribution in [0, 0.1) is 0 Å². The Labute approximate surface area is 157 Å². The number of carboxylic acid groups (broad SMARTS) is 1. The molecule has 0 aliphatic rings. The van der Waals surface area contributed by atoms with Gasteiger partial charge in [0.15, 0.2) is 0 Å². The quantitative estimate of drug-likeness (QED) is 0.495. The van der Waals surface area contributed by atoms with Crippen LogP contribution < -0.4 is 29.6 Å². The van der Waals surface area contributed by atoms with Gasteiger partial charge in [0.1, 0.15) is 0 Å². The van der Waals surface area contributed by atoms with Gasteiger partial charge in [-0.3, -0.25) is 4.79 Å². The fourth-order valence-electron chi connectivity index (χ4n) is 2.13. The number of aryl methyl sites for hydroxylation is 1. The Hall–Kier alpha value is 0.209. The molecule has 0 heterocycles. The summed E-state index contributed by atoms with van der Waals surface area (Å²) in [4.78, 5) is 10.3. The molecule has 1 rings (SSSR count). The number of hydrogen-bond acceptors (Lipinski definition) is 1. The summed E-state index contributed by atoms with van der Waals surface area (Å²) in [6.07, 6.45) is 9.65. The Balaban J connectivity index is -0.00000108. The number of unbranched alkanes of at least 4 members (excludes halogenated alkanes) is 6. The van der Waals surface area contributed by atoms with Crippen molar-refractivity contribution >= 4 is 23.0 Å². The van der Waals surface area contributed by atoms with Crippen molar-refractivity contribution in [1.29, 1.82) is 0 Å². The molecule has 1 aromatic carbocycles. The van der Waals surface area contributed by atoms with Crippen molar-refractivity contribution in [2.45, 2.75) is 57.8 Å². The van der Waals surface area contributed by atoms with E-state index in [1.807, 2.05) is 0 Å². The number of aliphatic carboxylic acids is 1. The van der Waals surface area contributed by atoms with Gasteiger partial charge in [-0.05, 0) is 24.8 Å². The van der Waals surface area contributed by atoms with Crippen LogP contribution in [0.15, 0.2) is 30.3 Å². The van der Waals surface area contributed by atoms with Crippen molar-refractivity contribution in [3.63, 3.8) is 0 Å². The van der Waals surface area contributed by atoms with E-state index >= 15 is 0 Å². The zero-order valence-electron chi connectivity index (χ0n) is 13.6. The summed E-state index contributed by atoms with van der Waals surface area (Å²) in [5.74, 6) is -0.669. The molecular formula is C16H27NaO2Se. The molecule has 2 nitrogen and oxygen atoms in total. The topological polar surface area (TPSA) is 37.3 Å². The second-order valence-corrected chi connectivity index (χ2v) is 4.85. The molecule has 0 spiro atoms. The van der Waals surface area contributed by atoms with Gasteiger partial charge in [0.05, 0.1) is 0 Å². The SMILES string of the molecule is O=C(O)CCCCCCCCCc1ccccc1.[H-].[Na+].[SeH2]. The standard InChI is InChI=1S/C16H24O2.Na.H2Se.H/c17-16(18)14-10-5-3-1-2-4-7-11-15-12-8-6-9-13-15;;;/h6,8-9,12-13H,1-5,7,10-11,14H2,(H,17,18);;1H2;/q;+1;;-1. The first kappa shape index (κ1) is 22.5. The van der Waals surface area contributed by atoms with E-state index in [9.17, 15) is 4.79 Å². The van der Waals surface area contributed by atoms with E-state index < -0.39 is 5.97 Å². The van der Waals surface area contributed by atoms with Gasteiger partial charge in [-0.25, -0.2) is 0 Å². The molecule has 0 radical (unpaired) electrons. The normalized spacial score (nSPS) is 9.40. The van der Waals surface area contributed by atoms with Crippen LogP contribution in [-0.4, -0.2) is 28.1 Å². The maximum absolute atomic E-state index is 10.3. The van der Waals surface area contributed by atoms with Gasteiger partial charge in [0, 0.05) is 6.42 Å². The van der Waals surface area contributed by atoms with Crippen LogP contribution in [-0.2, 0) is 11.2 Å². The first-order valence-corrected chi connectivity index (χ1v) is 7.05. The van der Waals surface area contributed by atoms with Crippen LogP contribution in [0.1, 0.15) is 58.4 Å². The summed E-state index contributed by atoms with van der Waals surface area (Å²) in [6.45, 7) is 0. The van der Waals surface area contributed by atoms with Crippen molar-refractivity contribution in [2.24, 2.45) is 0 Å². The molecule has 0 unspecified atom stereocenters. The Bertz CT molecular complexity index is 336. The van der Waals surface area contributed by atoms with Gasteiger partial charge in [0.25, 0.3) is 0 Å². The van der Waals surface area contributed by atoms with E-state index in [4.69, 9.17) is 5.11 Å². The number of carbonyl (C=O) groups is 1. The Kier molecular flexibility index (Phi) is 17.5. The summed E-state index contributed by atoms with van der Waals surface area (Å²) < 4.78 is 0. The van der Waals surface area contributed by atoms with Crippen LogP contribution in [0.2, 0.25) is 0 Å². The monoisotopic (exact) mass is 354 g/mol. The van der Waals surface area contributed by atoms with Crippen LogP contribution in [0.25, 0.3) is 0 Å². The molecule has 1 N–H and O–H groups in total. The minimum absolute atomic E-state index is 0. The molecular weight excluding hydrogens is 326 g/mol. The Morgan fingerprint density at radius 1 is 0.900 bits per heavy atom. The fraction of sp³-hybridized carbons (Fsp3) is 0.562. The van der Waals surface area contributed by atoms with Crippen LogP contribution in [0.4, 0.5) is 0 Å². The third-order valence-electron chi connectivity index (χ3n) is 3.20. The second-order valence-electron chi connectivity index (χ2n) is 4.85. The third kappa shape index (κ3) is 13.2. The van der Waals surface area contributed by atoms with E-state index in [-0.39, 0.29) is 48.1 Å². The molecule has 0 saturated heterocycles. The zero-order valence-corrected chi connectivity index (χ0v) is 16.7. The predicted molar refractivity (Wildman–Crippen MR) is 84.4 cm³/mol. The summed E-state index contributed by atoms with van der Waals surface area (Å²) in [6, 6.07) is 10.6. The summed E-state index contributed by atoms with van der Waals surface area (Å²) in [5.41, 5.74) is 1.43. The molecule has 0 fully saturated rings. The van der Waals surface area contributed by atoms with Crippen LogP contribution in [0.3, 0.4) is 0 Å². The molecule has 4 heteroatoms. The van der Waals surface area contributed by atoms with Crippen molar-refractivity contribution in [3.05, 3.63) is 35.9 Å². The molecule has 0 atom stereocenters. The third-order valence-corrected chi connectivity index (χ3v) is 3.20. The zero-order chi connectivity index (χ0) is 13.1. The number of carboxylic acids is 1. The predicted octanol–water partition coefficient (Wildman–Crippen LogP) is 0.635. The van der Waals surface area contributed by atoms with E-state index in [0.29, 0.717) is 6.42 Å². The first-order valence-electron chi connectivity index (χ1n) is 7.05. The maximum atomic E-state index is 10.3. The average Bonchev–Trinajstić information content (AvgIpc) is 2.37. The van der Waals surface area contributed by atoms with Gasteiger partial charge in [-0.15, -0.1) is 0 Å². The summed E-state index contributed by atoms with van der Waals surface area (Å²) >= 11 is 0.